The van der Waals surface area contributed by atoms with Gasteiger partial charge in [0.05, 0.1) is 10.0 Å². The van der Waals surface area contributed by atoms with Crippen molar-refractivity contribution in [3.63, 3.8) is 0 Å². The van der Waals surface area contributed by atoms with Crippen LogP contribution in [-0.2, 0) is 0 Å². The van der Waals surface area contributed by atoms with Crippen molar-refractivity contribution in [2.24, 2.45) is 0 Å². The van der Waals surface area contributed by atoms with Crippen LogP contribution in [0, 0.1) is 12.7 Å². The van der Waals surface area contributed by atoms with Gasteiger partial charge in [0.2, 0.25) is 0 Å². The summed E-state index contributed by atoms with van der Waals surface area (Å²) in [6.45, 7) is 1.90. The molecule has 0 aliphatic rings. The first-order valence-electron chi connectivity index (χ1n) is 4.90. The fraction of sp³-hybridized carbons (Fsp3) is 0.0769. The van der Waals surface area contributed by atoms with E-state index in [1.54, 1.807) is 6.07 Å². The molecule has 0 fully saturated rings. The first-order chi connectivity index (χ1) is 8.00. The zero-order chi connectivity index (χ0) is 12.6. The van der Waals surface area contributed by atoms with Crippen LogP contribution in [-0.4, -0.2) is 0 Å². The number of hydrogen-bond donors (Lipinski definition) is 0. The van der Waals surface area contributed by atoms with Crippen molar-refractivity contribution in [3.05, 3.63) is 56.8 Å². The largest absolute Gasteiger partial charge is 0.207 e. The van der Waals surface area contributed by atoms with Gasteiger partial charge in [-0.25, -0.2) is 4.39 Å². The van der Waals surface area contributed by atoms with Crippen LogP contribution in [0.4, 0.5) is 4.39 Å². The smallest absolute Gasteiger partial charge is 0.126 e. The zero-order valence-corrected chi connectivity index (χ0v) is 11.2. The summed E-state index contributed by atoms with van der Waals surface area (Å²) < 4.78 is 13.1. The van der Waals surface area contributed by atoms with Crippen LogP contribution < -0.4 is 0 Å². The van der Waals surface area contributed by atoms with Crippen molar-refractivity contribution in [1.82, 2.24) is 0 Å². The van der Waals surface area contributed by atoms with Crippen LogP contribution in [0.15, 0.2) is 30.3 Å². The molecule has 0 amide bonds. The Morgan fingerprint density at radius 3 is 2.00 bits per heavy atom. The van der Waals surface area contributed by atoms with E-state index in [-0.39, 0.29) is 10.0 Å². The molecule has 88 valence electrons. The molecular weight excluding hydrogens is 282 g/mol. The van der Waals surface area contributed by atoms with E-state index in [0.29, 0.717) is 10.6 Å². The van der Waals surface area contributed by atoms with Crippen LogP contribution in [0.3, 0.4) is 0 Å². The van der Waals surface area contributed by atoms with Crippen molar-refractivity contribution >= 4 is 34.8 Å². The van der Waals surface area contributed by atoms with Crippen molar-refractivity contribution in [2.75, 3.05) is 0 Å². The second-order valence-corrected chi connectivity index (χ2v) is 4.90. The van der Waals surface area contributed by atoms with Crippen LogP contribution in [0.5, 0.6) is 0 Å². The lowest BCUT2D eigenvalue weighted by atomic mass is 10.0. The minimum Gasteiger partial charge on any atom is -0.207 e. The summed E-state index contributed by atoms with van der Waals surface area (Å²) in [6, 6.07) is 7.95. The summed E-state index contributed by atoms with van der Waals surface area (Å²) in [4.78, 5) is 0. The Bertz CT molecular complexity index is 536. The Hall–Kier alpha value is -0.760. The Morgan fingerprint density at radius 1 is 0.882 bits per heavy atom. The van der Waals surface area contributed by atoms with Gasteiger partial charge in [-0.15, -0.1) is 0 Å². The molecule has 0 aliphatic carbocycles. The lowest BCUT2D eigenvalue weighted by Gasteiger charge is -2.12. The predicted octanol–water partition coefficient (Wildman–Crippen LogP) is 5.76. The van der Waals surface area contributed by atoms with Crippen molar-refractivity contribution in [2.45, 2.75) is 6.92 Å². The highest BCUT2D eigenvalue weighted by Crippen LogP contribution is 2.40. The molecule has 2 rings (SSSR count). The Labute approximate surface area is 114 Å². The summed E-state index contributed by atoms with van der Waals surface area (Å²) in [5, 5.41) is 1.05. The van der Waals surface area contributed by atoms with Gasteiger partial charge in [-0.2, -0.15) is 0 Å². The highest BCUT2D eigenvalue weighted by atomic mass is 35.5. The average molecular weight is 290 g/mol. The molecule has 0 unspecified atom stereocenters. The van der Waals surface area contributed by atoms with E-state index in [1.807, 2.05) is 19.1 Å². The molecule has 2 aromatic carbocycles. The van der Waals surface area contributed by atoms with E-state index in [9.17, 15) is 4.39 Å². The Kier molecular flexibility index (Phi) is 3.62. The highest BCUT2D eigenvalue weighted by molar-refractivity contribution is 6.41. The minimum absolute atomic E-state index is 0.256. The van der Waals surface area contributed by atoms with Gasteiger partial charge in [0.15, 0.2) is 0 Å². The highest BCUT2D eigenvalue weighted by Gasteiger charge is 2.15. The number of benzene rings is 2. The minimum atomic E-state index is -0.464. The van der Waals surface area contributed by atoms with Gasteiger partial charge >= 0.3 is 0 Å². The van der Waals surface area contributed by atoms with Gasteiger partial charge in [-0.3, -0.25) is 0 Å². The molecule has 0 aliphatic heterocycles. The summed E-state index contributed by atoms with van der Waals surface area (Å²) in [6.07, 6.45) is 0. The van der Waals surface area contributed by atoms with E-state index in [2.05, 4.69) is 0 Å². The van der Waals surface area contributed by atoms with Gasteiger partial charge in [0, 0.05) is 16.1 Å². The molecule has 4 heteroatoms. The molecule has 2 aromatic rings. The van der Waals surface area contributed by atoms with Crippen LogP contribution in [0.25, 0.3) is 11.1 Å². The van der Waals surface area contributed by atoms with Crippen LogP contribution >= 0.6 is 34.8 Å². The van der Waals surface area contributed by atoms with Gasteiger partial charge in [-0.05, 0) is 30.7 Å². The van der Waals surface area contributed by atoms with Crippen molar-refractivity contribution < 1.29 is 4.39 Å². The maximum absolute atomic E-state index is 13.1. The standard InChI is InChI=1S/C13H8Cl3F/c1-7-3-2-4-9(14)12(7)13-10(15)5-8(17)6-11(13)16/h2-6H,1H3. The second-order valence-electron chi connectivity index (χ2n) is 3.68. The molecule has 17 heavy (non-hydrogen) atoms. The van der Waals surface area contributed by atoms with Crippen LogP contribution in [0.1, 0.15) is 5.56 Å². The topological polar surface area (TPSA) is 0 Å². The third-order valence-electron chi connectivity index (χ3n) is 2.48. The fourth-order valence-corrected chi connectivity index (χ4v) is 2.70. The molecule has 0 heterocycles. The molecule has 0 bridgehead atoms. The number of halogens is 4. The Balaban J connectivity index is 2.77. The number of rotatable bonds is 1. The molecule has 0 saturated carbocycles. The summed E-state index contributed by atoms with van der Waals surface area (Å²) >= 11 is 18.2. The quantitative estimate of drug-likeness (QED) is 0.626. The van der Waals surface area contributed by atoms with Gasteiger partial charge < -0.3 is 0 Å². The van der Waals surface area contributed by atoms with Gasteiger partial charge in [-0.1, -0.05) is 46.9 Å². The molecule has 0 aromatic heterocycles. The lowest BCUT2D eigenvalue weighted by molar-refractivity contribution is 0.628. The molecule has 0 atom stereocenters. The lowest BCUT2D eigenvalue weighted by Crippen LogP contribution is -1.89. The first kappa shape index (κ1) is 12.7. The SMILES string of the molecule is Cc1cccc(Cl)c1-c1c(Cl)cc(F)cc1Cl. The predicted molar refractivity (Wildman–Crippen MR) is 71.6 cm³/mol. The van der Waals surface area contributed by atoms with E-state index in [1.165, 1.54) is 12.1 Å². The molecule has 0 nitrogen and oxygen atoms in total. The zero-order valence-electron chi connectivity index (χ0n) is 8.90. The summed E-state index contributed by atoms with van der Waals surface area (Å²) in [5.41, 5.74) is 2.25. The van der Waals surface area contributed by atoms with Gasteiger partial charge in [0.1, 0.15) is 5.82 Å². The fourth-order valence-electron chi connectivity index (χ4n) is 1.73. The second kappa shape index (κ2) is 4.85. The Morgan fingerprint density at radius 2 is 1.47 bits per heavy atom. The third kappa shape index (κ3) is 2.42. The molecular formula is C13H8Cl3F. The maximum Gasteiger partial charge on any atom is 0.126 e. The average Bonchev–Trinajstić information content (AvgIpc) is 2.21. The molecule has 0 N–H and O–H groups in total. The molecule has 0 radical (unpaired) electrons. The molecule has 0 saturated heterocycles. The van der Waals surface area contributed by atoms with Crippen molar-refractivity contribution in [1.29, 1.82) is 0 Å². The van der Waals surface area contributed by atoms with E-state index in [0.717, 1.165) is 11.1 Å². The van der Waals surface area contributed by atoms with Gasteiger partial charge in [0.25, 0.3) is 0 Å². The van der Waals surface area contributed by atoms with Crippen molar-refractivity contribution in [3.8, 4) is 11.1 Å². The number of aryl methyl sites for hydroxylation is 1. The third-order valence-corrected chi connectivity index (χ3v) is 3.39. The monoisotopic (exact) mass is 288 g/mol. The number of hydrogen-bond acceptors (Lipinski definition) is 0. The van der Waals surface area contributed by atoms with E-state index in [4.69, 9.17) is 34.8 Å². The summed E-state index contributed by atoms with van der Waals surface area (Å²) in [7, 11) is 0. The maximum atomic E-state index is 13.1. The molecule has 0 spiro atoms. The normalized spacial score (nSPS) is 10.6. The summed E-state index contributed by atoms with van der Waals surface area (Å²) in [5.74, 6) is -0.464. The first-order valence-corrected chi connectivity index (χ1v) is 6.04. The van der Waals surface area contributed by atoms with E-state index >= 15 is 0 Å². The van der Waals surface area contributed by atoms with E-state index < -0.39 is 5.82 Å². The van der Waals surface area contributed by atoms with Crippen LogP contribution in [0.2, 0.25) is 15.1 Å².